The maximum Gasteiger partial charge on any atom is 0.413 e. The Hall–Kier alpha value is -3.63. The van der Waals surface area contributed by atoms with Gasteiger partial charge >= 0.3 is 6.09 Å². The summed E-state index contributed by atoms with van der Waals surface area (Å²) in [4.78, 5) is 24.9. The molecular formula is C22H20ClN7O2S. The summed E-state index contributed by atoms with van der Waals surface area (Å²) >= 11 is 7.60. The molecule has 4 aromatic rings. The van der Waals surface area contributed by atoms with Crippen LogP contribution in [-0.4, -0.2) is 32.7 Å². The highest BCUT2D eigenvalue weighted by atomic mass is 35.5. The molecule has 1 amide bonds. The van der Waals surface area contributed by atoms with Crippen molar-refractivity contribution in [1.82, 2.24) is 24.8 Å². The van der Waals surface area contributed by atoms with E-state index in [1.54, 1.807) is 11.4 Å². The lowest BCUT2D eigenvalue weighted by atomic mass is 10.1. The summed E-state index contributed by atoms with van der Waals surface area (Å²) in [5, 5.41) is 11.3. The number of imidazole rings is 1. The van der Waals surface area contributed by atoms with Crippen LogP contribution in [0.5, 0.6) is 5.06 Å². The number of thiophene rings is 1. The van der Waals surface area contributed by atoms with E-state index < -0.39 is 6.09 Å². The predicted molar refractivity (Wildman–Crippen MR) is 129 cm³/mol. The van der Waals surface area contributed by atoms with Gasteiger partial charge in [-0.2, -0.15) is 4.98 Å². The van der Waals surface area contributed by atoms with E-state index in [2.05, 4.69) is 47.6 Å². The van der Waals surface area contributed by atoms with Crippen molar-refractivity contribution in [3.63, 3.8) is 0 Å². The predicted octanol–water partition coefficient (Wildman–Crippen LogP) is 5.07. The zero-order valence-corrected chi connectivity index (χ0v) is 19.2. The van der Waals surface area contributed by atoms with Gasteiger partial charge in [-0.15, -0.1) is 11.3 Å². The molecule has 0 unspecified atom stereocenters. The number of hydrogen-bond acceptors (Lipinski definition) is 8. The number of nitrogens with zero attached hydrogens (tertiary/aromatic N) is 4. The van der Waals surface area contributed by atoms with Gasteiger partial charge in [0.1, 0.15) is 10.8 Å². The van der Waals surface area contributed by atoms with Crippen molar-refractivity contribution in [2.24, 2.45) is 0 Å². The largest absolute Gasteiger partial charge is 0.413 e. The van der Waals surface area contributed by atoms with Gasteiger partial charge in [0, 0.05) is 31.5 Å². The third-order valence-corrected chi connectivity index (χ3v) is 6.25. The monoisotopic (exact) mass is 481 g/mol. The van der Waals surface area contributed by atoms with Crippen LogP contribution in [-0.2, 0) is 12.8 Å². The minimum Gasteiger partial charge on any atom is -0.397 e. The molecule has 9 nitrogen and oxygen atoms in total. The zero-order valence-electron chi connectivity index (χ0n) is 17.6. The fourth-order valence-corrected chi connectivity index (χ4v) is 4.46. The molecule has 0 radical (unpaired) electrons. The Morgan fingerprint density at radius 3 is 3.00 bits per heavy atom. The third-order valence-electron chi connectivity index (χ3n) is 5.18. The number of carbonyl (C=O) groups excluding carboxylic acids is 1. The van der Waals surface area contributed by atoms with Crippen LogP contribution in [0.15, 0.2) is 48.2 Å². The van der Waals surface area contributed by atoms with Crippen LogP contribution < -0.4 is 20.7 Å². The molecule has 0 atom stereocenters. The minimum atomic E-state index is -0.555. The first-order valence-electron chi connectivity index (χ1n) is 10.3. The molecule has 3 N–H and O–H groups in total. The zero-order chi connectivity index (χ0) is 22.8. The number of halogens is 1. The summed E-state index contributed by atoms with van der Waals surface area (Å²) in [5.74, 6) is 1.83. The van der Waals surface area contributed by atoms with Crippen LogP contribution in [0.1, 0.15) is 17.8 Å². The summed E-state index contributed by atoms with van der Waals surface area (Å²) < 4.78 is 7.39. The smallest absolute Gasteiger partial charge is 0.397 e. The van der Waals surface area contributed by atoms with Gasteiger partial charge in [0.25, 0.3) is 0 Å². The van der Waals surface area contributed by atoms with Crippen molar-refractivity contribution in [3.05, 3.63) is 64.6 Å². The number of anilines is 4. The molecule has 0 bridgehead atoms. The second-order valence-corrected chi connectivity index (χ2v) is 8.60. The van der Waals surface area contributed by atoms with Crippen molar-refractivity contribution >= 4 is 52.2 Å². The molecule has 1 aliphatic rings. The number of ether oxygens (including phenoxy) is 1. The van der Waals surface area contributed by atoms with E-state index >= 15 is 0 Å². The molecule has 168 valence electrons. The van der Waals surface area contributed by atoms with Gasteiger partial charge < -0.3 is 25.3 Å². The van der Waals surface area contributed by atoms with E-state index in [9.17, 15) is 4.79 Å². The molecule has 11 heteroatoms. The first kappa shape index (κ1) is 21.2. The maximum absolute atomic E-state index is 11.6. The highest BCUT2D eigenvalue weighted by molar-refractivity contribution is 7.12. The fourth-order valence-electron chi connectivity index (χ4n) is 3.63. The van der Waals surface area contributed by atoms with Crippen molar-refractivity contribution in [2.75, 3.05) is 17.7 Å². The summed E-state index contributed by atoms with van der Waals surface area (Å²) in [5.41, 5.74) is 3.81. The molecule has 0 spiro atoms. The molecule has 0 saturated heterocycles. The Morgan fingerprint density at radius 2 is 2.12 bits per heavy atom. The molecule has 0 fully saturated rings. The number of hydrogen-bond donors (Lipinski definition) is 3. The number of benzene rings is 1. The minimum absolute atomic E-state index is 0.336. The van der Waals surface area contributed by atoms with Gasteiger partial charge in [0.2, 0.25) is 11.0 Å². The summed E-state index contributed by atoms with van der Waals surface area (Å²) in [6.07, 6.45) is 7.81. The SMILES string of the molecule is CNC(=O)Oc1sccc1Nc1nc(Nc2ccc3c(c2)-n2ccnc2CCC3)ncc1Cl. The lowest BCUT2D eigenvalue weighted by Crippen LogP contribution is -2.21. The van der Waals surface area contributed by atoms with E-state index in [1.807, 2.05) is 18.5 Å². The van der Waals surface area contributed by atoms with Gasteiger partial charge in [-0.25, -0.2) is 14.8 Å². The number of aryl methyl sites for hydroxylation is 2. The summed E-state index contributed by atoms with van der Waals surface area (Å²) in [7, 11) is 1.50. The Labute approximate surface area is 198 Å². The van der Waals surface area contributed by atoms with Crippen LogP contribution >= 0.6 is 22.9 Å². The highest BCUT2D eigenvalue weighted by Crippen LogP contribution is 2.35. The fraction of sp³-hybridized carbons (Fsp3) is 0.182. The number of nitrogens with one attached hydrogen (secondary N) is 3. The molecule has 4 heterocycles. The van der Waals surface area contributed by atoms with Crippen molar-refractivity contribution in [1.29, 1.82) is 0 Å². The van der Waals surface area contributed by atoms with E-state index in [1.165, 1.54) is 30.1 Å². The van der Waals surface area contributed by atoms with Crippen molar-refractivity contribution in [3.8, 4) is 10.8 Å². The lowest BCUT2D eigenvalue weighted by Gasteiger charge is -2.13. The summed E-state index contributed by atoms with van der Waals surface area (Å²) in [6.45, 7) is 0. The number of carbonyl (C=O) groups is 1. The van der Waals surface area contributed by atoms with E-state index in [0.717, 1.165) is 36.5 Å². The van der Waals surface area contributed by atoms with Gasteiger partial charge in [0.15, 0.2) is 5.82 Å². The van der Waals surface area contributed by atoms with Crippen LogP contribution in [0.2, 0.25) is 5.02 Å². The second kappa shape index (κ2) is 9.08. The van der Waals surface area contributed by atoms with E-state index in [4.69, 9.17) is 16.3 Å². The van der Waals surface area contributed by atoms with Crippen LogP contribution in [0.4, 0.5) is 27.9 Å². The van der Waals surface area contributed by atoms with Gasteiger partial charge in [-0.1, -0.05) is 17.7 Å². The third kappa shape index (κ3) is 4.48. The van der Waals surface area contributed by atoms with Crippen LogP contribution in [0.25, 0.3) is 5.69 Å². The summed E-state index contributed by atoms with van der Waals surface area (Å²) in [6, 6.07) is 7.99. The first-order chi connectivity index (χ1) is 16.1. The number of fused-ring (bicyclic) bond motifs is 3. The average Bonchev–Trinajstić information content (AvgIpc) is 3.42. The first-order valence-corrected chi connectivity index (χ1v) is 11.6. The number of rotatable bonds is 5. The van der Waals surface area contributed by atoms with Crippen LogP contribution in [0.3, 0.4) is 0 Å². The van der Waals surface area contributed by atoms with E-state index in [-0.39, 0.29) is 0 Å². The Bertz CT molecular complexity index is 1320. The van der Waals surface area contributed by atoms with Gasteiger partial charge in [-0.3, -0.25) is 0 Å². The topological polar surface area (TPSA) is 106 Å². The molecule has 0 aliphatic carbocycles. The van der Waals surface area contributed by atoms with Gasteiger partial charge in [0.05, 0.1) is 17.6 Å². The number of aromatic nitrogens is 4. The lowest BCUT2D eigenvalue weighted by molar-refractivity contribution is 0.204. The molecule has 3 aromatic heterocycles. The standard InChI is InChI=1S/C22H20ClN7O2S/c1-24-22(31)32-20-16(7-10-33-20)28-19-15(23)12-26-21(29-19)27-14-6-5-13-3-2-4-18-25-8-9-30(18)17(13)11-14/h5-12H,2-4H2,1H3,(H,24,31)(H2,26,27,28,29). The molecule has 1 aromatic carbocycles. The van der Waals surface area contributed by atoms with Gasteiger partial charge in [-0.05, 0) is 42.0 Å². The molecule has 1 aliphatic heterocycles. The highest BCUT2D eigenvalue weighted by Gasteiger charge is 2.16. The molecule has 33 heavy (non-hydrogen) atoms. The normalized spacial score (nSPS) is 12.3. The molecular weight excluding hydrogens is 462 g/mol. The average molecular weight is 482 g/mol. The van der Waals surface area contributed by atoms with Crippen molar-refractivity contribution in [2.45, 2.75) is 19.3 Å². The Morgan fingerprint density at radius 1 is 1.21 bits per heavy atom. The van der Waals surface area contributed by atoms with Crippen molar-refractivity contribution < 1.29 is 9.53 Å². The molecule has 5 rings (SSSR count). The number of amides is 1. The quantitative estimate of drug-likeness (QED) is 0.365. The Kier molecular flexibility index (Phi) is 5.84. The Balaban J connectivity index is 1.39. The van der Waals surface area contributed by atoms with E-state index in [0.29, 0.717) is 27.5 Å². The second-order valence-electron chi connectivity index (χ2n) is 7.31. The molecule has 0 saturated carbocycles. The van der Waals surface area contributed by atoms with Crippen LogP contribution in [0, 0.1) is 0 Å². The maximum atomic E-state index is 11.6.